The average Bonchev–Trinajstić information content (AvgIpc) is 2.78. The minimum absolute atomic E-state index is 0. The maximum atomic E-state index is 13.6. The van der Waals surface area contributed by atoms with Crippen LogP contribution in [0.4, 0.5) is 14.5 Å². The number of hydrogen-bond donors (Lipinski definition) is 1. The summed E-state index contributed by atoms with van der Waals surface area (Å²) in [6.07, 6.45) is 0.329. The molecule has 0 heterocycles. The van der Waals surface area contributed by atoms with Crippen LogP contribution in [0.2, 0.25) is 0 Å². The number of halogens is 3. The van der Waals surface area contributed by atoms with Crippen LogP contribution in [-0.4, -0.2) is 12.5 Å². The number of anilines is 1. The molecule has 1 unspecified atom stereocenters. The van der Waals surface area contributed by atoms with Gasteiger partial charge >= 0.3 is 0 Å². The zero-order valence-corrected chi connectivity index (χ0v) is 18.6. The Kier molecular flexibility index (Phi) is 8.48. The highest BCUT2D eigenvalue weighted by molar-refractivity contribution is 5.97. The molecule has 4 nitrogen and oxygen atoms in total. The third-order valence-electron chi connectivity index (χ3n) is 5.34. The number of amides is 1. The molecule has 0 saturated heterocycles. The van der Waals surface area contributed by atoms with Gasteiger partial charge in [0.25, 0.3) is 0 Å². The quantitative estimate of drug-likeness (QED) is 0.558. The summed E-state index contributed by atoms with van der Waals surface area (Å²) in [6.45, 7) is 4.18. The molecule has 2 N–H and O–H groups in total. The molecule has 0 aromatic heterocycles. The Bertz CT molecular complexity index is 1140. The summed E-state index contributed by atoms with van der Waals surface area (Å²) in [5.41, 5.74) is 10.7. The van der Waals surface area contributed by atoms with Crippen molar-refractivity contribution < 1.29 is 13.6 Å². The van der Waals surface area contributed by atoms with Crippen molar-refractivity contribution in [1.82, 2.24) is 0 Å². The van der Waals surface area contributed by atoms with Crippen LogP contribution >= 0.6 is 12.4 Å². The Hall–Kier alpha value is -3.27. The molecule has 7 heteroatoms. The highest BCUT2D eigenvalue weighted by atomic mass is 35.5. The lowest BCUT2D eigenvalue weighted by molar-refractivity contribution is -0.120. The first-order valence-corrected chi connectivity index (χ1v) is 9.88. The topological polar surface area (TPSA) is 70.1 Å². The van der Waals surface area contributed by atoms with E-state index in [0.717, 1.165) is 23.3 Å². The monoisotopic (exact) mass is 455 g/mol. The van der Waals surface area contributed by atoms with Crippen LogP contribution < -0.4 is 10.6 Å². The molecular formula is C25H24ClF2N3O. The van der Waals surface area contributed by atoms with Gasteiger partial charge in [-0.25, -0.2) is 8.78 Å². The summed E-state index contributed by atoms with van der Waals surface area (Å²) in [6, 6.07) is 17.1. The molecule has 0 fully saturated rings. The minimum Gasteiger partial charge on any atom is -0.316 e. The molecule has 166 valence electrons. The molecular weight excluding hydrogens is 432 g/mol. The molecule has 0 radical (unpaired) electrons. The van der Waals surface area contributed by atoms with Gasteiger partial charge in [-0.15, -0.1) is 12.4 Å². The van der Waals surface area contributed by atoms with Crippen molar-refractivity contribution in [2.45, 2.75) is 26.3 Å². The first kappa shape index (κ1) is 25.0. The van der Waals surface area contributed by atoms with Crippen molar-refractivity contribution in [3.63, 3.8) is 0 Å². The van der Waals surface area contributed by atoms with E-state index < -0.39 is 17.7 Å². The summed E-state index contributed by atoms with van der Waals surface area (Å²) in [5, 5.41) is 8.97. The average molecular weight is 456 g/mol. The molecule has 3 rings (SSSR count). The first-order valence-electron chi connectivity index (χ1n) is 9.88. The third-order valence-corrected chi connectivity index (χ3v) is 5.34. The largest absolute Gasteiger partial charge is 0.316 e. The summed E-state index contributed by atoms with van der Waals surface area (Å²) in [7, 11) is 0. The SMILES string of the molecule is Cc1ccc(N(CCc2ccc(F)c(F)c2)C(=O)C(N)c2ccc(C#N)cc2)cc1C.Cl. The van der Waals surface area contributed by atoms with Crippen molar-refractivity contribution in [2.75, 3.05) is 11.4 Å². The Morgan fingerprint density at radius 3 is 2.28 bits per heavy atom. The van der Waals surface area contributed by atoms with Gasteiger partial charge in [0.1, 0.15) is 6.04 Å². The zero-order valence-electron chi connectivity index (χ0n) is 17.8. The lowest BCUT2D eigenvalue weighted by Gasteiger charge is -2.27. The Balaban J connectivity index is 0.00000363. The number of nitrogens with zero attached hydrogens (tertiary/aromatic N) is 2. The Morgan fingerprint density at radius 2 is 1.69 bits per heavy atom. The maximum absolute atomic E-state index is 13.6. The van der Waals surface area contributed by atoms with Crippen molar-refractivity contribution >= 4 is 24.0 Å². The van der Waals surface area contributed by atoms with E-state index in [2.05, 4.69) is 0 Å². The van der Waals surface area contributed by atoms with Gasteiger partial charge in [0.05, 0.1) is 11.6 Å². The van der Waals surface area contributed by atoms with Crippen molar-refractivity contribution in [1.29, 1.82) is 5.26 Å². The molecule has 0 aliphatic carbocycles. The Labute approximate surface area is 192 Å². The van der Waals surface area contributed by atoms with Crippen LogP contribution in [0.1, 0.15) is 33.9 Å². The van der Waals surface area contributed by atoms with Crippen LogP contribution in [0.5, 0.6) is 0 Å². The van der Waals surface area contributed by atoms with E-state index in [1.807, 2.05) is 38.1 Å². The molecule has 0 aliphatic rings. The smallest absolute Gasteiger partial charge is 0.248 e. The molecule has 32 heavy (non-hydrogen) atoms. The van der Waals surface area contributed by atoms with E-state index in [9.17, 15) is 13.6 Å². The summed E-state index contributed by atoms with van der Waals surface area (Å²) < 4.78 is 26.8. The van der Waals surface area contributed by atoms with Crippen molar-refractivity contribution in [2.24, 2.45) is 5.73 Å². The van der Waals surface area contributed by atoms with Crippen LogP contribution in [0.3, 0.4) is 0 Å². The number of benzene rings is 3. The third kappa shape index (κ3) is 5.70. The maximum Gasteiger partial charge on any atom is 0.248 e. The normalized spacial score (nSPS) is 11.2. The van der Waals surface area contributed by atoms with Gasteiger partial charge in [0.15, 0.2) is 11.6 Å². The van der Waals surface area contributed by atoms with Gasteiger partial charge in [0.2, 0.25) is 5.91 Å². The fourth-order valence-electron chi connectivity index (χ4n) is 3.27. The fraction of sp³-hybridized carbons (Fsp3) is 0.200. The fourth-order valence-corrected chi connectivity index (χ4v) is 3.27. The first-order chi connectivity index (χ1) is 14.8. The second kappa shape index (κ2) is 10.9. The molecule has 0 spiro atoms. The number of hydrogen-bond acceptors (Lipinski definition) is 3. The molecule has 0 aliphatic heterocycles. The Morgan fingerprint density at radius 1 is 1.00 bits per heavy atom. The van der Waals surface area contributed by atoms with Crippen molar-refractivity contribution in [3.05, 3.63) is 100 Å². The highest BCUT2D eigenvalue weighted by Crippen LogP contribution is 2.24. The van der Waals surface area contributed by atoms with E-state index >= 15 is 0 Å². The van der Waals surface area contributed by atoms with E-state index in [-0.39, 0.29) is 24.9 Å². The van der Waals surface area contributed by atoms with Crippen molar-refractivity contribution in [3.8, 4) is 6.07 Å². The molecule has 1 amide bonds. The molecule has 0 bridgehead atoms. The predicted molar refractivity (Wildman–Crippen MR) is 124 cm³/mol. The summed E-state index contributed by atoms with van der Waals surface area (Å²) in [4.78, 5) is 14.9. The lowest BCUT2D eigenvalue weighted by atomic mass is 10.0. The highest BCUT2D eigenvalue weighted by Gasteiger charge is 2.24. The molecule has 1 atom stereocenters. The van der Waals surface area contributed by atoms with Crippen LogP contribution in [0, 0.1) is 36.8 Å². The number of nitrogens with two attached hydrogens (primary N) is 1. The van der Waals surface area contributed by atoms with Crippen LogP contribution in [-0.2, 0) is 11.2 Å². The second-order valence-electron chi connectivity index (χ2n) is 7.47. The number of aryl methyl sites for hydroxylation is 2. The van der Waals surface area contributed by atoms with Crippen LogP contribution in [0.15, 0.2) is 60.7 Å². The van der Waals surface area contributed by atoms with Gasteiger partial charge in [-0.3, -0.25) is 4.79 Å². The van der Waals surface area contributed by atoms with E-state index in [1.54, 1.807) is 29.2 Å². The molecule has 3 aromatic rings. The van der Waals surface area contributed by atoms with E-state index in [1.165, 1.54) is 6.07 Å². The van der Waals surface area contributed by atoms with Gasteiger partial charge in [0, 0.05) is 12.2 Å². The number of nitriles is 1. The summed E-state index contributed by atoms with van der Waals surface area (Å²) in [5.74, 6) is -2.15. The van der Waals surface area contributed by atoms with Gasteiger partial charge < -0.3 is 10.6 Å². The van der Waals surface area contributed by atoms with Gasteiger partial charge in [-0.1, -0.05) is 24.3 Å². The number of carbonyl (C=O) groups is 1. The molecule has 3 aromatic carbocycles. The summed E-state index contributed by atoms with van der Waals surface area (Å²) >= 11 is 0. The lowest BCUT2D eigenvalue weighted by Crippen LogP contribution is -2.40. The van der Waals surface area contributed by atoms with E-state index in [0.29, 0.717) is 28.8 Å². The predicted octanol–water partition coefficient (Wildman–Crippen LogP) is 5.15. The zero-order chi connectivity index (χ0) is 22.5. The van der Waals surface area contributed by atoms with E-state index in [4.69, 9.17) is 11.0 Å². The van der Waals surface area contributed by atoms with Gasteiger partial charge in [-0.2, -0.15) is 5.26 Å². The second-order valence-corrected chi connectivity index (χ2v) is 7.47. The standard InChI is InChI=1S/C25H23F2N3O.ClH/c1-16-3-9-21(13-17(16)2)30(12-11-18-6-10-22(26)23(27)14-18)25(31)24(29)20-7-4-19(15-28)5-8-20;/h3-10,13-14,24H,11-12,29H2,1-2H3;1H. The minimum atomic E-state index is -0.931. The number of rotatable bonds is 6. The number of carbonyl (C=O) groups excluding carboxylic acids is 1. The molecule has 0 saturated carbocycles. The van der Waals surface area contributed by atoms with Gasteiger partial charge in [-0.05, 0) is 78.9 Å². The van der Waals surface area contributed by atoms with Crippen LogP contribution in [0.25, 0.3) is 0 Å².